The summed E-state index contributed by atoms with van der Waals surface area (Å²) in [6.45, 7) is 11.3. The average molecular weight is 474 g/mol. The Kier molecular flexibility index (Phi) is 5.62. The van der Waals surface area contributed by atoms with Gasteiger partial charge in [-0.05, 0) is 53.6 Å². The zero-order chi connectivity index (χ0) is 25.6. The van der Waals surface area contributed by atoms with E-state index in [4.69, 9.17) is 1.37 Å². The molecule has 0 aliphatic heterocycles. The molecule has 1 nitrogen and oxygen atoms in total. The summed E-state index contributed by atoms with van der Waals surface area (Å²) in [7, 11) is 0.214. The van der Waals surface area contributed by atoms with Gasteiger partial charge >= 0.3 is 0 Å². The third-order valence-electron chi connectivity index (χ3n) is 7.68. The van der Waals surface area contributed by atoms with Crippen molar-refractivity contribution < 1.29 is 5.94 Å². The lowest BCUT2D eigenvalue weighted by Crippen LogP contribution is -2.52. The van der Waals surface area contributed by atoms with E-state index >= 15 is 0 Å². The first-order valence-electron chi connectivity index (χ1n) is 12.9. The Labute approximate surface area is 212 Å². The van der Waals surface area contributed by atoms with E-state index in [1.54, 1.807) is 0 Å². The third-order valence-corrected chi connectivity index (χ3v) is 11.2. The van der Waals surface area contributed by atoms with Gasteiger partial charge in [-0.1, -0.05) is 102 Å². The maximum Gasteiger partial charge on any atom is 0.220 e. The average Bonchev–Trinajstić information content (AvgIpc) is 2.90. The summed E-state index contributed by atoms with van der Waals surface area (Å²) in [5.74, 6) is 0. The molecule has 174 valence electrons. The second kappa shape index (κ2) is 8.94. The minimum atomic E-state index is -1.89. The maximum absolute atomic E-state index is 9.06. The lowest BCUT2D eigenvalue weighted by atomic mass is 9.92. The SMILES string of the molecule is [2H]c1c(C)[n+](C)c(-c2cc(-c3ccccc3)cc(C)c2C)c2ccc([Si](C)(C)c3ccccc3)cc12. The summed E-state index contributed by atoms with van der Waals surface area (Å²) < 4.78 is 11.3. The summed E-state index contributed by atoms with van der Waals surface area (Å²) in [5, 5.41) is 4.95. The van der Waals surface area contributed by atoms with Gasteiger partial charge in [0.1, 0.15) is 15.1 Å². The van der Waals surface area contributed by atoms with Crippen molar-refractivity contribution in [3.63, 3.8) is 0 Å². The molecular weight excluding hydrogens is 438 g/mol. The molecule has 0 N–H and O–H groups in total. The zero-order valence-corrected chi connectivity index (χ0v) is 22.6. The second-order valence-corrected chi connectivity index (χ2v) is 14.6. The van der Waals surface area contributed by atoms with Crippen molar-refractivity contribution in [3.05, 3.63) is 114 Å². The molecule has 0 amide bonds. The number of hydrogen-bond donors (Lipinski definition) is 0. The number of fused-ring (bicyclic) bond motifs is 1. The van der Waals surface area contributed by atoms with E-state index in [1.807, 2.05) is 0 Å². The van der Waals surface area contributed by atoms with Crippen molar-refractivity contribution in [2.75, 3.05) is 0 Å². The van der Waals surface area contributed by atoms with Crippen LogP contribution in [-0.4, -0.2) is 8.07 Å². The van der Waals surface area contributed by atoms with Crippen LogP contribution >= 0.6 is 0 Å². The van der Waals surface area contributed by atoms with Crippen LogP contribution in [-0.2, 0) is 7.05 Å². The minimum absolute atomic E-state index is 0.615. The molecule has 0 aliphatic carbocycles. The molecule has 0 atom stereocenters. The van der Waals surface area contributed by atoms with Crippen LogP contribution in [0.4, 0.5) is 0 Å². The Morgan fingerprint density at radius 2 is 1.37 bits per heavy atom. The molecule has 0 saturated carbocycles. The van der Waals surface area contributed by atoms with Crippen LogP contribution in [0.5, 0.6) is 0 Å². The van der Waals surface area contributed by atoms with E-state index in [1.165, 1.54) is 43.9 Å². The molecule has 5 aromatic rings. The fourth-order valence-electron chi connectivity index (χ4n) is 5.12. The lowest BCUT2D eigenvalue weighted by Gasteiger charge is -2.24. The lowest BCUT2D eigenvalue weighted by molar-refractivity contribution is -0.665. The van der Waals surface area contributed by atoms with Crippen LogP contribution in [0.2, 0.25) is 13.1 Å². The normalized spacial score (nSPS) is 12.1. The van der Waals surface area contributed by atoms with Crippen LogP contribution in [0.1, 0.15) is 18.2 Å². The molecule has 0 saturated heterocycles. The smallest absolute Gasteiger partial charge is 0.198 e. The van der Waals surface area contributed by atoms with Crippen molar-refractivity contribution in [1.82, 2.24) is 0 Å². The second-order valence-electron chi connectivity index (χ2n) is 10.2. The Morgan fingerprint density at radius 3 is 2.06 bits per heavy atom. The topological polar surface area (TPSA) is 3.88 Å². The first-order chi connectivity index (χ1) is 17.2. The fourth-order valence-corrected chi connectivity index (χ4v) is 7.48. The number of hydrogen-bond acceptors (Lipinski definition) is 0. The molecule has 0 bridgehead atoms. The maximum atomic E-state index is 9.06. The van der Waals surface area contributed by atoms with E-state index in [0.29, 0.717) is 6.04 Å². The third kappa shape index (κ3) is 4.13. The zero-order valence-electron chi connectivity index (χ0n) is 22.6. The van der Waals surface area contributed by atoms with Gasteiger partial charge in [-0.2, -0.15) is 4.57 Å². The molecule has 2 heteroatoms. The highest BCUT2D eigenvalue weighted by molar-refractivity contribution is 7.00. The van der Waals surface area contributed by atoms with E-state index in [2.05, 4.69) is 136 Å². The highest BCUT2D eigenvalue weighted by Crippen LogP contribution is 2.34. The number of nitrogens with zero attached hydrogens (tertiary/aromatic N) is 1. The molecule has 5 rings (SSSR count). The summed E-state index contributed by atoms with van der Waals surface area (Å²) in [5.41, 5.74) is 8.41. The minimum Gasteiger partial charge on any atom is -0.198 e. The van der Waals surface area contributed by atoms with Crippen molar-refractivity contribution in [3.8, 4) is 22.4 Å². The van der Waals surface area contributed by atoms with Gasteiger partial charge in [-0.25, -0.2) is 0 Å². The first kappa shape index (κ1) is 22.0. The Bertz CT molecular complexity index is 1590. The van der Waals surface area contributed by atoms with E-state index in [-0.39, 0.29) is 0 Å². The van der Waals surface area contributed by atoms with Crippen molar-refractivity contribution >= 4 is 29.2 Å². The van der Waals surface area contributed by atoms with Gasteiger partial charge in [0, 0.05) is 13.0 Å². The summed E-state index contributed by atoms with van der Waals surface area (Å²) in [4.78, 5) is 0. The molecule has 0 fully saturated rings. The van der Waals surface area contributed by atoms with Gasteiger partial charge in [-0.15, -0.1) is 0 Å². The molecule has 0 spiro atoms. The molecule has 35 heavy (non-hydrogen) atoms. The number of rotatable bonds is 4. The largest absolute Gasteiger partial charge is 0.220 e. The number of aromatic nitrogens is 1. The molecule has 0 unspecified atom stereocenters. The van der Waals surface area contributed by atoms with Gasteiger partial charge in [0.2, 0.25) is 5.69 Å². The summed E-state index contributed by atoms with van der Waals surface area (Å²) in [6, 6.07) is 33.6. The van der Waals surface area contributed by atoms with Gasteiger partial charge < -0.3 is 0 Å². The van der Waals surface area contributed by atoms with Gasteiger partial charge in [0.05, 0.1) is 12.3 Å². The number of aryl methyl sites for hydroxylation is 1. The van der Waals surface area contributed by atoms with Gasteiger partial charge in [0.25, 0.3) is 0 Å². The Hall–Kier alpha value is -3.49. The van der Waals surface area contributed by atoms with E-state index in [9.17, 15) is 0 Å². The number of pyridine rings is 1. The predicted molar refractivity (Wildman–Crippen MR) is 153 cm³/mol. The van der Waals surface area contributed by atoms with Crippen LogP contribution in [0, 0.1) is 20.8 Å². The first-order valence-corrected chi connectivity index (χ1v) is 15.4. The quantitative estimate of drug-likeness (QED) is 0.201. The Morgan fingerprint density at radius 1 is 0.714 bits per heavy atom. The molecular formula is C33H34NSi+. The highest BCUT2D eigenvalue weighted by Gasteiger charge is 2.28. The van der Waals surface area contributed by atoms with Crippen LogP contribution in [0.25, 0.3) is 33.2 Å². The molecule has 0 radical (unpaired) electrons. The highest BCUT2D eigenvalue weighted by atomic mass is 28.3. The van der Waals surface area contributed by atoms with Gasteiger partial charge in [-0.3, -0.25) is 0 Å². The van der Waals surface area contributed by atoms with Gasteiger partial charge in [0.15, 0.2) is 5.69 Å². The molecule has 1 aromatic heterocycles. The Balaban J connectivity index is 1.78. The van der Waals surface area contributed by atoms with Crippen LogP contribution in [0.3, 0.4) is 0 Å². The number of benzene rings is 4. The molecule has 4 aromatic carbocycles. The van der Waals surface area contributed by atoms with Crippen molar-refractivity contribution in [2.45, 2.75) is 33.9 Å². The van der Waals surface area contributed by atoms with Crippen LogP contribution < -0.4 is 14.9 Å². The molecule has 0 aliphatic rings. The standard InChI is InChI=1S/C33H34NSi/c1-23-19-27(26-13-9-7-10-14-26)22-32(25(23)3)33-31-18-17-30(21-28(31)20-24(2)34(33)4)35(5,6)29-15-11-8-12-16-29/h7-22H,1-6H3/q+1/i20D. The van der Waals surface area contributed by atoms with E-state index in [0.717, 1.165) is 16.5 Å². The van der Waals surface area contributed by atoms with Crippen LogP contribution in [0.15, 0.2) is 97.0 Å². The monoisotopic (exact) mass is 473 g/mol. The summed E-state index contributed by atoms with van der Waals surface area (Å²) in [6.07, 6.45) is 0. The predicted octanol–water partition coefficient (Wildman–Crippen LogP) is 6.75. The summed E-state index contributed by atoms with van der Waals surface area (Å²) >= 11 is 0. The van der Waals surface area contributed by atoms with Crippen molar-refractivity contribution in [1.29, 1.82) is 0 Å². The fraction of sp³-hybridized carbons (Fsp3) is 0.182. The van der Waals surface area contributed by atoms with Crippen molar-refractivity contribution in [2.24, 2.45) is 7.05 Å². The molecule has 1 heterocycles. The van der Waals surface area contributed by atoms with E-state index < -0.39 is 8.07 Å².